The molecule has 1 aromatic heterocycles. The number of nitrogens with two attached hydrogens (primary N) is 1. The van der Waals surface area contributed by atoms with Crippen LogP contribution in [0.25, 0.3) is 0 Å². The van der Waals surface area contributed by atoms with Crippen molar-refractivity contribution < 1.29 is 9.42 Å². The van der Waals surface area contributed by atoms with Gasteiger partial charge >= 0.3 is 0 Å². The van der Waals surface area contributed by atoms with Crippen LogP contribution in [-0.4, -0.2) is 27.9 Å². The van der Waals surface area contributed by atoms with Crippen LogP contribution < -0.4 is 21.5 Å². The second kappa shape index (κ2) is 6.72. The Balaban J connectivity index is 1.60. The molecule has 9 nitrogen and oxygen atoms in total. The minimum Gasteiger partial charge on any atom is -0.378 e. The van der Waals surface area contributed by atoms with Gasteiger partial charge in [-0.25, -0.2) is 15.0 Å². The molecule has 0 saturated carbocycles. The highest BCUT2D eigenvalue weighted by Crippen LogP contribution is 2.37. The molecule has 0 aliphatic carbocycles. The molecule has 2 aliphatic heterocycles. The first-order chi connectivity index (χ1) is 12.5. The van der Waals surface area contributed by atoms with E-state index in [1.165, 1.54) is 0 Å². The van der Waals surface area contributed by atoms with E-state index in [4.69, 9.17) is 22.7 Å². The average molecular weight is 392 g/mol. The molecule has 0 bridgehead atoms. The van der Waals surface area contributed by atoms with Crippen LogP contribution in [0, 0.1) is 11.3 Å². The maximum absolute atomic E-state index is 12.7. The standard InChI is InChI=1S/C15H14ClN7O2S/c16-9-3-1-7(2-4-9)11-8(6-19-20-11)5-10-14(24)23(15(18)26-10)13-12(17)21-25-22-13/h1-5,8,11,18-20H,6H2,(H2,17,21)/b10-5-,18-15?. The van der Waals surface area contributed by atoms with Crippen LogP contribution in [0.5, 0.6) is 0 Å². The first-order valence-electron chi connectivity index (χ1n) is 7.69. The van der Waals surface area contributed by atoms with E-state index in [1.807, 2.05) is 30.3 Å². The number of rotatable bonds is 3. The van der Waals surface area contributed by atoms with E-state index in [0.29, 0.717) is 16.5 Å². The molecule has 134 valence electrons. The highest BCUT2D eigenvalue weighted by Gasteiger charge is 2.38. The largest absolute Gasteiger partial charge is 0.378 e. The molecule has 3 heterocycles. The zero-order valence-corrected chi connectivity index (χ0v) is 14.8. The smallest absolute Gasteiger partial charge is 0.272 e. The summed E-state index contributed by atoms with van der Waals surface area (Å²) in [6, 6.07) is 7.52. The van der Waals surface area contributed by atoms with Gasteiger partial charge in [-0.2, -0.15) is 0 Å². The highest BCUT2D eigenvalue weighted by molar-refractivity contribution is 8.19. The lowest BCUT2D eigenvalue weighted by Crippen LogP contribution is -2.29. The normalized spacial score (nSPS) is 24.8. The lowest BCUT2D eigenvalue weighted by molar-refractivity contribution is -0.113. The number of hydrogen-bond acceptors (Lipinski definition) is 9. The number of thioether (sulfide) groups is 1. The molecule has 0 spiro atoms. The Bertz CT molecular complexity index is 898. The quantitative estimate of drug-likeness (QED) is 0.580. The number of hydrogen-bond donors (Lipinski definition) is 4. The minimum absolute atomic E-state index is 0.00519. The molecular formula is C15H14ClN7O2S. The van der Waals surface area contributed by atoms with Gasteiger partial charge in [0.15, 0.2) is 5.17 Å². The van der Waals surface area contributed by atoms with Crippen LogP contribution >= 0.6 is 23.4 Å². The molecule has 26 heavy (non-hydrogen) atoms. The van der Waals surface area contributed by atoms with Crippen molar-refractivity contribution in [1.82, 2.24) is 21.2 Å². The number of amidine groups is 1. The zero-order valence-electron chi connectivity index (χ0n) is 13.3. The van der Waals surface area contributed by atoms with Crippen molar-refractivity contribution in [2.45, 2.75) is 6.04 Å². The van der Waals surface area contributed by atoms with Crippen LogP contribution in [0.15, 0.2) is 39.9 Å². The first-order valence-corrected chi connectivity index (χ1v) is 8.88. The van der Waals surface area contributed by atoms with Gasteiger partial charge in [0.05, 0.1) is 10.9 Å². The number of benzene rings is 1. The third kappa shape index (κ3) is 2.97. The number of carbonyl (C=O) groups is 1. The summed E-state index contributed by atoms with van der Waals surface area (Å²) in [5.74, 6) is -0.353. The first kappa shape index (κ1) is 17.0. The summed E-state index contributed by atoms with van der Waals surface area (Å²) in [6.45, 7) is 0.644. The predicted octanol–water partition coefficient (Wildman–Crippen LogP) is 1.67. The molecule has 5 N–H and O–H groups in total. The third-order valence-electron chi connectivity index (χ3n) is 4.15. The summed E-state index contributed by atoms with van der Waals surface area (Å²) in [6.07, 6.45) is 1.86. The van der Waals surface area contributed by atoms with E-state index in [9.17, 15) is 4.79 Å². The number of amides is 1. The molecule has 2 aromatic rings. The van der Waals surface area contributed by atoms with Gasteiger partial charge in [-0.3, -0.25) is 15.6 Å². The van der Waals surface area contributed by atoms with Crippen LogP contribution in [0.1, 0.15) is 11.6 Å². The highest BCUT2D eigenvalue weighted by atomic mass is 35.5. The van der Waals surface area contributed by atoms with Gasteiger partial charge in [0, 0.05) is 17.5 Å². The molecule has 11 heteroatoms. The predicted molar refractivity (Wildman–Crippen MR) is 98.4 cm³/mol. The number of aromatic nitrogens is 2. The van der Waals surface area contributed by atoms with Gasteiger partial charge in [-0.05, 0) is 39.8 Å². The van der Waals surface area contributed by atoms with Gasteiger partial charge in [0.25, 0.3) is 5.91 Å². The fourth-order valence-electron chi connectivity index (χ4n) is 2.90. The van der Waals surface area contributed by atoms with E-state index < -0.39 is 0 Å². The van der Waals surface area contributed by atoms with E-state index in [1.54, 1.807) is 0 Å². The van der Waals surface area contributed by atoms with Crippen molar-refractivity contribution in [2.24, 2.45) is 5.92 Å². The Morgan fingerprint density at radius 3 is 2.85 bits per heavy atom. The Morgan fingerprint density at radius 1 is 1.38 bits per heavy atom. The number of nitrogen functional groups attached to an aromatic ring is 1. The number of nitrogens with one attached hydrogen (secondary N) is 3. The summed E-state index contributed by atoms with van der Waals surface area (Å²) >= 11 is 7.01. The van der Waals surface area contributed by atoms with Crippen molar-refractivity contribution in [3.63, 3.8) is 0 Å². The second-order valence-electron chi connectivity index (χ2n) is 5.77. The zero-order chi connectivity index (χ0) is 18.3. The molecule has 2 unspecified atom stereocenters. The summed E-state index contributed by atoms with van der Waals surface area (Å²) < 4.78 is 4.53. The van der Waals surface area contributed by atoms with Crippen molar-refractivity contribution in [3.05, 3.63) is 45.8 Å². The topological polar surface area (TPSA) is 133 Å². The summed E-state index contributed by atoms with van der Waals surface area (Å²) in [7, 11) is 0. The van der Waals surface area contributed by atoms with E-state index in [-0.39, 0.29) is 34.7 Å². The molecule has 2 aliphatic rings. The van der Waals surface area contributed by atoms with Gasteiger partial charge in [0.2, 0.25) is 11.6 Å². The lowest BCUT2D eigenvalue weighted by Gasteiger charge is -2.16. The molecular weight excluding hydrogens is 378 g/mol. The third-order valence-corrected chi connectivity index (χ3v) is 5.31. The van der Waals surface area contributed by atoms with Gasteiger partial charge in [-0.15, -0.1) is 0 Å². The van der Waals surface area contributed by atoms with Crippen LogP contribution in [-0.2, 0) is 4.79 Å². The number of halogens is 1. The van der Waals surface area contributed by atoms with Gasteiger partial charge < -0.3 is 5.73 Å². The Kier molecular flexibility index (Phi) is 4.41. The molecule has 4 rings (SSSR count). The Labute approximate surface area is 157 Å². The van der Waals surface area contributed by atoms with Crippen molar-refractivity contribution in [1.29, 1.82) is 5.41 Å². The maximum atomic E-state index is 12.7. The lowest BCUT2D eigenvalue weighted by atomic mass is 9.94. The Morgan fingerprint density at radius 2 is 2.15 bits per heavy atom. The maximum Gasteiger partial charge on any atom is 0.272 e. The molecule has 2 fully saturated rings. The number of carbonyl (C=O) groups excluding carboxylic acids is 1. The van der Waals surface area contributed by atoms with Crippen LogP contribution in [0.3, 0.4) is 0 Å². The SMILES string of the molecule is N=C1S/C(=C\C2CNNC2c2ccc(Cl)cc2)C(=O)N1c1nonc1N. The van der Waals surface area contributed by atoms with E-state index in [2.05, 4.69) is 25.8 Å². The van der Waals surface area contributed by atoms with Crippen molar-refractivity contribution in [2.75, 3.05) is 17.2 Å². The van der Waals surface area contributed by atoms with Crippen LogP contribution in [0.2, 0.25) is 5.02 Å². The molecule has 1 aromatic carbocycles. The van der Waals surface area contributed by atoms with E-state index >= 15 is 0 Å². The van der Waals surface area contributed by atoms with Gasteiger partial charge in [0.1, 0.15) is 0 Å². The van der Waals surface area contributed by atoms with Crippen molar-refractivity contribution >= 4 is 46.1 Å². The molecule has 2 saturated heterocycles. The van der Waals surface area contributed by atoms with Crippen molar-refractivity contribution in [3.8, 4) is 0 Å². The number of hydrazine groups is 1. The second-order valence-corrected chi connectivity index (χ2v) is 7.24. The summed E-state index contributed by atoms with van der Waals surface area (Å²) in [5, 5.41) is 15.8. The molecule has 2 atom stereocenters. The molecule has 1 amide bonds. The number of anilines is 2. The fourth-order valence-corrected chi connectivity index (χ4v) is 3.92. The Hall–Kier alpha value is -2.40. The van der Waals surface area contributed by atoms with Gasteiger partial charge in [-0.1, -0.05) is 29.8 Å². The fraction of sp³-hybridized carbons (Fsp3) is 0.200. The monoisotopic (exact) mass is 391 g/mol. The van der Waals surface area contributed by atoms with Crippen LogP contribution in [0.4, 0.5) is 11.6 Å². The minimum atomic E-state index is -0.371. The summed E-state index contributed by atoms with van der Waals surface area (Å²) in [4.78, 5) is 14.2. The van der Waals surface area contributed by atoms with E-state index in [0.717, 1.165) is 22.2 Å². The molecule has 0 radical (unpaired) electrons. The average Bonchev–Trinajstić information content (AvgIpc) is 3.30. The number of nitrogens with zero attached hydrogens (tertiary/aromatic N) is 3. The summed E-state index contributed by atoms with van der Waals surface area (Å²) in [5.41, 5.74) is 13.0.